The lowest BCUT2D eigenvalue weighted by Crippen LogP contribution is -2.52. The summed E-state index contributed by atoms with van der Waals surface area (Å²) in [5, 5.41) is 9.33. The van der Waals surface area contributed by atoms with Crippen molar-refractivity contribution in [1.29, 1.82) is 0 Å². The second-order valence-electron chi connectivity index (χ2n) is 6.59. The normalized spacial score (nSPS) is 36.0. The van der Waals surface area contributed by atoms with Gasteiger partial charge in [-0.15, -0.1) is 0 Å². The Morgan fingerprint density at radius 2 is 2.00 bits per heavy atom. The topological polar surface area (TPSA) is 57.6 Å². The average Bonchev–Trinajstić information content (AvgIpc) is 2.70. The van der Waals surface area contributed by atoms with Crippen molar-refractivity contribution in [3.8, 4) is 0 Å². The van der Waals surface area contributed by atoms with Crippen molar-refractivity contribution in [3.05, 3.63) is 0 Å². The quantitative estimate of drug-likeness (QED) is 0.854. The van der Waals surface area contributed by atoms with Gasteiger partial charge >= 0.3 is 5.97 Å². The van der Waals surface area contributed by atoms with Crippen LogP contribution in [0.5, 0.6) is 0 Å². The summed E-state index contributed by atoms with van der Waals surface area (Å²) in [4.78, 5) is 25.2. The maximum absolute atomic E-state index is 12.1. The molecule has 0 radical (unpaired) electrons. The lowest BCUT2D eigenvalue weighted by molar-refractivity contribution is -0.150. The number of carboxylic acids is 1. The third-order valence-electron chi connectivity index (χ3n) is 4.88. The Balaban J connectivity index is 2.24. The Kier molecular flexibility index (Phi) is 4.16. The first-order chi connectivity index (χ1) is 8.91. The molecule has 4 atom stereocenters. The smallest absolute Gasteiger partial charge is 0.326 e. The molecule has 0 aromatic carbocycles. The van der Waals surface area contributed by atoms with Gasteiger partial charge in [-0.1, -0.05) is 27.2 Å². The Morgan fingerprint density at radius 3 is 2.58 bits per heavy atom. The highest BCUT2D eigenvalue weighted by Crippen LogP contribution is 2.39. The van der Waals surface area contributed by atoms with Crippen LogP contribution in [0, 0.1) is 17.8 Å². The number of amides is 1. The Labute approximate surface area is 115 Å². The zero-order valence-corrected chi connectivity index (χ0v) is 12.1. The molecule has 2 rings (SSSR count). The minimum absolute atomic E-state index is 0.0390. The molecule has 1 saturated carbocycles. The number of carboxylic acid groups (broad SMARTS) is 1. The Morgan fingerprint density at radius 1 is 1.32 bits per heavy atom. The van der Waals surface area contributed by atoms with Crippen molar-refractivity contribution >= 4 is 11.9 Å². The first kappa shape index (κ1) is 14.4. The van der Waals surface area contributed by atoms with E-state index in [1.54, 1.807) is 4.90 Å². The van der Waals surface area contributed by atoms with Gasteiger partial charge in [-0.2, -0.15) is 0 Å². The first-order valence-corrected chi connectivity index (χ1v) is 7.45. The fourth-order valence-electron chi connectivity index (χ4n) is 3.83. The van der Waals surface area contributed by atoms with Crippen LogP contribution in [0.2, 0.25) is 0 Å². The highest BCUT2D eigenvalue weighted by Gasteiger charge is 2.45. The van der Waals surface area contributed by atoms with E-state index in [4.69, 9.17) is 0 Å². The molecule has 2 aliphatic rings. The minimum atomic E-state index is -0.841. The maximum Gasteiger partial charge on any atom is 0.326 e. The largest absolute Gasteiger partial charge is 0.480 e. The summed E-state index contributed by atoms with van der Waals surface area (Å²) in [6.45, 7) is 6.58. The predicted molar refractivity (Wildman–Crippen MR) is 72.6 cm³/mol. The third kappa shape index (κ3) is 2.77. The zero-order valence-electron chi connectivity index (χ0n) is 12.1. The number of nitrogens with zero attached hydrogens (tertiary/aromatic N) is 1. The number of aliphatic carboxylic acids is 1. The number of hydrogen-bond donors (Lipinski definition) is 1. The van der Waals surface area contributed by atoms with E-state index in [1.165, 1.54) is 6.42 Å². The molecule has 4 heteroatoms. The van der Waals surface area contributed by atoms with Crippen LogP contribution < -0.4 is 0 Å². The monoisotopic (exact) mass is 267 g/mol. The molecule has 1 saturated heterocycles. The highest BCUT2D eigenvalue weighted by atomic mass is 16.4. The van der Waals surface area contributed by atoms with E-state index in [0.29, 0.717) is 30.6 Å². The van der Waals surface area contributed by atoms with Crippen LogP contribution in [0.4, 0.5) is 0 Å². The van der Waals surface area contributed by atoms with Gasteiger partial charge in [-0.25, -0.2) is 4.79 Å². The SMILES string of the molecule is CC1CCC(C(C)C)C(N2C(=O)CCC2C(=O)O)C1. The average molecular weight is 267 g/mol. The molecular weight excluding hydrogens is 242 g/mol. The van der Waals surface area contributed by atoms with Crippen molar-refractivity contribution in [1.82, 2.24) is 4.90 Å². The summed E-state index contributed by atoms with van der Waals surface area (Å²) in [6, 6.07) is -0.469. The number of likely N-dealkylation sites (tertiary alicyclic amines) is 1. The molecule has 0 aromatic heterocycles. The lowest BCUT2D eigenvalue weighted by Gasteiger charge is -2.43. The molecule has 0 bridgehead atoms. The Hall–Kier alpha value is -1.06. The second kappa shape index (κ2) is 5.51. The fourth-order valence-corrected chi connectivity index (χ4v) is 3.83. The molecule has 2 fully saturated rings. The molecule has 1 N–H and O–H groups in total. The van der Waals surface area contributed by atoms with E-state index in [2.05, 4.69) is 20.8 Å². The predicted octanol–water partition coefficient (Wildman–Crippen LogP) is 2.52. The van der Waals surface area contributed by atoms with E-state index < -0.39 is 12.0 Å². The van der Waals surface area contributed by atoms with Gasteiger partial charge in [0.05, 0.1) is 0 Å². The summed E-state index contributed by atoms with van der Waals surface area (Å²) < 4.78 is 0. The van der Waals surface area contributed by atoms with E-state index >= 15 is 0 Å². The van der Waals surface area contributed by atoms with Crippen molar-refractivity contribution in [3.63, 3.8) is 0 Å². The van der Waals surface area contributed by atoms with Gasteiger partial charge in [-0.3, -0.25) is 4.79 Å². The summed E-state index contributed by atoms with van der Waals surface area (Å²) in [7, 11) is 0. The van der Waals surface area contributed by atoms with Crippen molar-refractivity contribution in [2.24, 2.45) is 17.8 Å². The van der Waals surface area contributed by atoms with Crippen LogP contribution in [0.15, 0.2) is 0 Å². The summed E-state index contributed by atoms with van der Waals surface area (Å²) in [6.07, 6.45) is 4.13. The number of rotatable bonds is 3. The number of carbonyl (C=O) groups excluding carboxylic acids is 1. The van der Waals surface area contributed by atoms with Crippen LogP contribution >= 0.6 is 0 Å². The molecular formula is C15H25NO3. The van der Waals surface area contributed by atoms with Gasteiger partial charge in [0.25, 0.3) is 0 Å². The molecule has 1 aliphatic heterocycles. The van der Waals surface area contributed by atoms with Crippen LogP contribution in [-0.2, 0) is 9.59 Å². The molecule has 1 aliphatic carbocycles. The molecule has 1 amide bonds. The molecule has 0 spiro atoms. The van der Waals surface area contributed by atoms with E-state index in [9.17, 15) is 14.7 Å². The summed E-state index contributed by atoms with van der Waals surface area (Å²) in [5.41, 5.74) is 0. The maximum atomic E-state index is 12.1. The Bertz CT molecular complexity index is 366. The molecule has 19 heavy (non-hydrogen) atoms. The lowest BCUT2D eigenvalue weighted by atomic mass is 9.73. The van der Waals surface area contributed by atoms with Crippen LogP contribution in [0.1, 0.15) is 52.9 Å². The molecule has 0 aromatic rings. The van der Waals surface area contributed by atoms with Crippen LogP contribution in [0.25, 0.3) is 0 Å². The van der Waals surface area contributed by atoms with E-state index in [0.717, 1.165) is 12.8 Å². The van der Waals surface area contributed by atoms with Crippen LogP contribution in [-0.4, -0.2) is 34.0 Å². The minimum Gasteiger partial charge on any atom is -0.480 e. The summed E-state index contributed by atoms with van der Waals surface area (Å²) in [5.74, 6) is 0.729. The fraction of sp³-hybridized carbons (Fsp3) is 0.867. The third-order valence-corrected chi connectivity index (χ3v) is 4.88. The van der Waals surface area contributed by atoms with Crippen LogP contribution in [0.3, 0.4) is 0 Å². The van der Waals surface area contributed by atoms with Gasteiger partial charge in [0.15, 0.2) is 0 Å². The zero-order chi connectivity index (χ0) is 14.2. The standard InChI is InChI=1S/C15H25NO3/c1-9(2)11-5-4-10(3)8-13(11)16-12(15(18)19)6-7-14(16)17/h9-13H,4-8H2,1-3H3,(H,18,19). The van der Waals surface area contributed by atoms with Crippen molar-refractivity contribution in [2.75, 3.05) is 0 Å². The number of hydrogen-bond acceptors (Lipinski definition) is 2. The van der Waals surface area contributed by atoms with Gasteiger partial charge in [0.2, 0.25) is 5.91 Å². The second-order valence-corrected chi connectivity index (χ2v) is 6.59. The summed E-state index contributed by atoms with van der Waals surface area (Å²) >= 11 is 0. The van der Waals surface area contributed by atoms with Gasteiger partial charge in [-0.05, 0) is 37.0 Å². The van der Waals surface area contributed by atoms with Gasteiger partial charge < -0.3 is 10.0 Å². The van der Waals surface area contributed by atoms with E-state index in [-0.39, 0.29) is 11.9 Å². The van der Waals surface area contributed by atoms with Crippen molar-refractivity contribution < 1.29 is 14.7 Å². The van der Waals surface area contributed by atoms with Crippen molar-refractivity contribution in [2.45, 2.75) is 65.0 Å². The van der Waals surface area contributed by atoms with Gasteiger partial charge in [0.1, 0.15) is 6.04 Å². The molecule has 108 valence electrons. The first-order valence-electron chi connectivity index (χ1n) is 7.45. The molecule has 4 unspecified atom stereocenters. The van der Waals surface area contributed by atoms with E-state index in [1.807, 2.05) is 0 Å². The highest BCUT2D eigenvalue weighted by molar-refractivity contribution is 5.87. The molecule has 1 heterocycles. The van der Waals surface area contributed by atoms with Gasteiger partial charge in [0, 0.05) is 12.5 Å². The molecule has 4 nitrogen and oxygen atoms in total. The number of carbonyl (C=O) groups is 2.